The van der Waals surface area contributed by atoms with Gasteiger partial charge in [0, 0.05) is 27.2 Å². The number of aryl methyl sites for hydroxylation is 2. The van der Waals surface area contributed by atoms with E-state index < -0.39 is 27.2 Å². The minimum atomic E-state index is -3.71. The van der Waals surface area contributed by atoms with E-state index in [0.717, 1.165) is 17.1 Å². The van der Waals surface area contributed by atoms with Crippen molar-refractivity contribution >= 4 is 27.2 Å². The second-order valence-electron chi connectivity index (χ2n) is 8.01. The lowest BCUT2D eigenvalue weighted by Crippen LogP contribution is -2.31. The number of nitrogens with one attached hydrogen (secondary N) is 1. The number of hydrogen-bond donors (Lipinski definition) is 1. The summed E-state index contributed by atoms with van der Waals surface area (Å²) in [6, 6.07) is 5.57. The average Bonchev–Trinajstić information content (AvgIpc) is 3.16. The number of aromatic amines is 1. The summed E-state index contributed by atoms with van der Waals surface area (Å²) in [5, 5.41) is 0. The largest absolute Gasteiger partial charge is 0.454 e. The second kappa shape index (κ2) is 10.3. The van der Waals surface area contributed by atoms with E-state index in [1.54, 1.807) is 4.57 Å². The molecule has 0 radical (unpaired) electrons. The molecule has 2 heterocycles. The SMILES string of the molecule is CCCCn1c(=O)[nH]c(=O)c2c1nc(COC(=O)c1cccc(S(=O)(=O)N(C)C)c1)n2CCC. The third-order valence-corrected chi connectivity index (χ3v) is 7.14. The number of sulfonamides is 1. The quantitative estimate of drug-likeness (QED) is 0.426. The predicted molar refractivity (Wildman–Crippen MR) is 126 cm³/mol. The lowest BCUT2D eigenvalue weighted by atomic mass is 10.2. The van der Waals surface area contributed by atoms with Crippen molar-refractivity contribution < 1.29 is 17.9 Å². The molecule has 0 spiro atoms. The molecule has 11 nitrogen and oxygen atoms in total. The first-order valence-electron chi connectivity index (χ1n) is 11.0. The van der Waals surface area contributed by atoms with Gasteiger partial charge in [0.2, 0.25) is 10.0 Å². The van der Waals surface area contributed by atoms with Crippen LogP contribution in [0.4, 0.5) is 0 Å². The number of fused-ring (bicyclic) bond motifs is 1. The van der Waals surface area contributed by atoms with Crippen molar-refractivity contribution in [3.05, 3.63) is 56.5 Å². The van der Waals surface area contributed by atoms with Crippen LogP contribution in [0.5, 0.6) is 0 Å². The fourth-order valence-electron chi connectivity index (χ4n) is 3.52. The van der Waals surface area contributed by atoms with E-state index in [9.17, 15) is 22.8 Å². The van der Waals surface area contributed by atoms with E-state index in [-0.39, 0.29) is 28.2 Å². The number of rotatable bonds is 10. The minimum absolute atomic E-state index is 0.0309. The molecule has 0 fully saturated rings. The highest BCUT2D eigenvalue weighted by Gasteiger charge is 2.21. The number of H-pyrrole nitrogens is 1. The van der Waals surface area contributed by atoms with Crippen LogP contribution < -0.4 is 11.2 Å². The third kappa shape index (κ3) is 4.97. The number of nitrogens with zero attached hydrogens (tertiary/aromatic N) is 4. The van der Waals surface area contributed by atoms with Crippen LogP contribution in [0.15, 0.2) is 38.8 Å². The summed E-state index contributed by atoms with van der Waals surface area (Å²) in [5.41, 5.74) is -0.510. The van der Waals surface area contributed by atoms with Crippen LogP contribution in [0.1, 0.15) is 49.3 Å². The zero-order valence-corrected chi connectivity index (χ0v) is 20.5. The summed E-state index contributed by atoms with van der Waals surface area (Å²) >= 11 is 0. The normalized spacial score (nSPS) is 11.9. The van der Waals surface area contributed by atoms with Crippen molar-refractivity contribution in [2.75, 3.05) is 14.1 Å². The topological polar surface area (TPSA) is 136 Å². The Balaban J connectivity index is 1.96. The number of unbranched alkanes of at least 4 members (excludes halogenated alkanes) is 1. The lowest BCUT2D eigenvalue weighted by molar-refractivity contribution is 0.0458. The van der Waals surface area contributed by atoms with Crippen LogP contribution in [-0.4, -0.2) is 51.9 Å². The molecule has 0 aliphatic carbocycles. The molecule has 0 saturated carbocycles. The van der Waals surface area contributed by atoms with Crippen LogP contribution in [0.25, 0.3) is 11.2 Å². The molecule has 1 N–H and O–H groups in total. The van der Waals surface area contributed by atoms with E-state index in [0.29, 0.717) is 25.3 Å². The van der Waals surface area contributed by atoms with Gasteiger partial charge in [0.05, 0.1) is 10.5 Å². The summed E-state index contributed by atoms with van der Waals surface area (Å²) in [5.74, 6) is -0.410. The van der Waals surface area contributed by atoms with Gasteiger partial charge in [-0.05, 0) is 31.0 Å². The van der Waals surface area contributed by atoms with E-state index in [2.05, 4.69) is 9.97 Å². The molecular weight excluding hydrogens is 462 g/mol. The molecule has 0 saturated heterocycles. The zero-order chi connectivity index (χ0) is 25.0. The molecule has 3 aromatic rings. The van der Waals surface area contributed by atoms with Gasteiger partial charge in [-0.2, -0.15) is 0 Å². The monoisotopic (exact) mass is 491 g/mol. The maximum absolute atomic E-state index is 12.7. The molecule has 2 aromatic heterocycles. The maximum atomic E-state index is 12.7. The Morgan fingerprint density at radius 3 is 2.50 bits per heavy atom. The first-order chi connectivity index (χ1) is 16.1. The van der Waals surface area contributed by atoms with Gasteiger partial charge in [0.1, 0.15) is 12.4 Å². The molecule has 12 heteroatoms. The molecular formula is C22H29N5O6S. The fraction of sp³-hybridized carbons (Fsp3) is 0.455. The number of aromatic nitrogens is 4. The molecule has 0 bridgehead atoms. The Hall–Kier alpha value is -3.25. The predicted octanol–water partition coefficient (Wildman–Crippen LogP) is 1.70. The number of imidazole rings is 1. The van der Waals surface area contributed by atoms with Crippen LogP contribution in [0, 0.1) is 0 Å². The Labute approximate surface area is 197 Å². The van der Waals surface area contributed by atoms with E-state index >= 15 is 0 Å². The summed E-state index contributed by atoms with van der Waals surface area (Å²) in [4.78, 5) is 44.4. The van der Waals surface area contributed by atoms with Crippen molar-refractivity contribution in [2.24, 2.45) is 0 Å². The van der Waals surface area contributed by atoms with Crippen molar-refractivity contribution in [1.82, 2.24) is 23.4 Å². The molecule has 0 atom stereocenters. The number of benzene rings is 1. The molecule has 0 amide bonds. The summed E-state index contributed by atoms with van der Waals surface area (Å²) < 4.78 is 34.3. The van der Waals surface area contributed by atoms with E-state index in [4.69, 9.17) is 4.74 Å². The molecule has 0 aliphatic rings. The Bertz CT molecular complexity index is 1420. The van der Waals surface area contributed by atoms with Crippen molar-refractivity contribution in [2.45, 2.75) is 57.7 Å². The number of hydrogen-bond acceptors (Lipinski definition) is 7. The number of carbonyl (C=O) groups excluding carboxylic acids is 1. The first kappa shape index (κ1) is 25.4. The van der Waals surface area contributed by atoms with E-state index in [1.807, 2.05) is 13.8 Å². The minimum Gasteiger partial charge on any atom is -0.454 e. The number of esters is 1. The second-order valence-corrected chi connectivity index (χ2v) is 10.2. The van der Waals surface area contributed by atoms with Gasteiger partial charge < -0.3 is 9.30 Å². The highest BCUT2D eigenvalue weighted by molar-refractivity contribution is 7.89. The van der Waals surface area contributed by atoms with Crippen LogP contribution in [0.3, 0.4) is 0 Å². The summed E-state index contributed by atoms with van der Waals surface area (Å²) in [6.07, 6.45) is 2.28. The standard InChI is InChI=1S/C22H29N5O6S/c1-5-7-12-27-19-18(20(28)24-22(27)30)26(11-6-2)17(23-19)14-33-21(29)15-9-8-10-16(13-15)34(31,32)25(3)4/h8-10,13H,5-7,11-12,14H2,1-4H3,(H,24,28,30). The van der Waals surface area contributed by atoms with Crippen molar-refractivity contribution in [3.8, 4) is 0 Å². The molecule has 0 aliphatic heterocycles. The van der Waals surface area contributed by atoms with Gasteiger partial charge in [-0.25, -0.2) is 27.3 Å². The van der Waals surface area contributed by atoms with Crippen LogP contribution >= 0.6 is 0 Å². The Morgan fingerprint density at radius 2 is 1.85 bits per heavy atom. The molecule has 3 rings (SSSR count). The van der Waals surface area contributed by atoms with Crippen LogP contribution in [-0.2, 0) is 34.5 Å². The van der Waals surface area contributed by atoms with Crippen LogP contribution in [0.2, 0.25) is 0 Å². The Kier molecular flexibility index (Phi) is 7.72. The lowest BCUT2D eigenvalue weighted by Gasteiger charge is -2.12. The smallest absolute Gasteiger partial charge is 0.338 e. The van der Waals surface area contributed by atoms with Gasteiger partial charge in [0.15, 0.2) is 11.2 Å². The molecule has 1 aromatic carbocycles. The number of carbonyl (C=O) groups is 1. The summed E-state index contributed by atoms with van der Waals surface area (Å²) in [6.45, 7) is 4.51. The maximum Gasteiger partial charge on any atom is 0.338 e. The zero-order valence-electron chi connectivity index (χ0n) is 19.7. The van der Waals surface area contributed by atoms with Gasteiger partial charge in [0.25, 0.3) is 5.56 Å². The third-order valence-electron chi connectivity index (χ3n) is 5.33. The van der Waals surface area contributed by atoms with Crippen molar-refractivity contribution in [1.29, 1.82) is 0 Å². The van der Waals surface area contributed by atoms with Gasteiger partial charge in [-0.3, -0.25) is 14.3 Å². The first-order valence-corrected chi connectivity index (χ1v) is 12.5. The van der Waals surface area contributed by atoms with E-state index in [1.165, 1.54) is 42.9 Å². The van der Waals surface area contributed by atoms with Crippen molar-refractivity contribution in [3.63, 3.8) is 0 Å². The van der Waals surface area contributed by atoms with Gasteiger partial charge in [-0.1, -0.05) is 26.3 Å². The molecule has 34 heavy (non-hydrogen) atoms. The Morgan fingerprint density at radius 1 is 1.12 bits per heavy atom. The van der Waals surface area contributed by atoms with Gasteiger partial charge >= 0.3 is 11.7 Å². The number of ether oxygens (including phenoxy) is 1. The average molecular weight is 492 g/mol. The molecule has 0 unspecified atom stereocenters. The summed E-state index contributed by atoms with van der Waals surface area (Å²) in [7, 11) is -0.908. The highest BCUT2D eigenvalue weighted by atomic mass is 32.2. The van der Waals surface area contributed by atoms with Gasteiger partial charge in [-0.15, -0.1) is 0 Å². The molecule has 184 valence electrons. The highest BCUT2D eigenvalue weighted by Crippen LogP contribution is 2.17. The fourth-order valence-corrected chi connectivity index (χ4v) is 4.47.